The van der Waals surface area contributed by atoms with E-state index < -0.39 is 0 Å². The molecule has 0 aliphatic carbocycles. The minimum Gasteiger partial charge on any atom is -0.466 e. The van der Waals surface area contributed by atoms with Gasteiger partial charge in [0.25, 0.3) is 0 Å². The Morgan fingerprint density at radius 3 is 1.67 bits per heavy atom. The number of hydrogen-bond donors (Lipinski definition) is 3. The van der Waals surface area contributed by atoms with Crippen LogP contribution in [0.25, 0.3) is 0 Å². The fourth-order valence-electron chi connectivity index (χ4n) is 3.18. The molecule has 2 heterocycles. The number of esters is 2. The van der Waals surface area contributed by atoms with Crippen LogP contribution < -0.4 is 16.0 Å². The Balaban J connectivity index is 0.000000946. The number of carbonyl (C=O) groups excluding carboxylic acids is 2. The van der Waals surface area contributed by atoms with Gasteiger partial charge in [0, 0.05) is 65.3 Å². The number of piperazine rings is 2. The molecule has 0 amide bonds. The molecule has 0 aromatic rings. The molecule has 2 fully saturated rings. The fourth-order valence-corrected chi connectivity index (χ4v) is 3.18. The van der Waals surface area contributed by atoms with Gasteiger partial charge in [-0.3, -0.25) is 9.59 Å². The van der Waals surface area contributed by atoms with E-state index in [2.05, 4.69) is 34.7 Å². The van der Waals surface area contributed by atoms with Crippen molar-refractivity contribution in [1.82, 2.24) is 20.9 Å². The molecule has 8 heteroatoms. The van der Waals surface area contributed by atoms with Crippen LogP contribution in [0.5, 0.6) is 0 Å². The SMILES string of the molecule is C1CNCCN1.CC(C)CC(=O)OCCCCCCOC(=O)CCN1CCNCC1.CCC. The van der Waals surface area contributed by atoms with Gasteiger partial charge >= 0.3 is 11.9 Å². The zero-order valence-corrected chi connectivity index (χ0v) is 21.9. The first-order valence-electron chi connectivity index (χ1n) is 13.1. The molecule has 0 saturated carbocycles. The number of hydrogen-bond acceptors (Lipinski definition) is 8. The van der Waals surface area contributed by atoms with Gasteiger partial charge in [-0.25, -0.2) is 0 Å². The van der Waals surface area contributed by atoms with E-state index in [1.807, 2.05) is 13.8 Å². The lowest BCUT2D eigenvalue weighted by Crippen LogP contribution is -2.44. The van der Waals surface area contributed by atoms with Crippen molar-refractivity contribution in [2.24, 2.45) is 5.92 Å². The molecule has 0 aromatic heterocycles. The Bertz CT molecular complexity index is 442. The third kappa shape index (κ3) is 23.7. The van der Waals surface area contributed by atoms with Crippen LogP contribution >= 0.6 is 0 Å². The summed E-state index contributed by atoms with van der Waals surface area (Å²) >= 11 is 0. The lowest BCUT2D eigenvalue weighted by Gasteiger charge is -2.26. The number of ether oxygens (including phenoxy) is 2. The van der Waals surface area contributed by atoms with Crippen molar-refractivity contribution in [3.05, 3.63) is 0 Å². The zero-order chi connectivity index (χ0) is 24.6. The van der Waals surface area contributed by atoms with Crippen molar-refractivity contribution in [3.8, 4) is 0 Å². The van der Waals surface area contributed by atoms with Crippen LogP contribution in [0, 0.1) is 5.92 Å². The molecule has 0 spiro atoms. The highest BCUT2D eigenvalue weighted by molar-refractivity contribution is 5.69. The van der Waals surface area contributed by atoms with E-state index in [1.165, 1.54) is 6.42 Å². The van der Waals surface area contributed by atoms with Gasteiger partial charge in [-0.15, -0.1) is 0 Å². The predicted octanol–water partition coefficient (Wildman–Crippen LogP) is 2.57. The second-order valence-corrected chi connectivity index (χ2v) is 9.00. The summed E-state index contributed by atoms with van der Waals surface area (Å²) in [5, 5.41) is 9.74. The lowest BCUT2D eigenvalue weighted by atomic mass is 10.1. The van der Waals surface area contributed by atoms with Crippen molar-refractivity contribution in [2.75, 3.05) is 72.1 Å². The Kier molecular flexibility index (Phi) is 23.0. The summed E-state index contributed by atoms with van der Waals surface area (Å²) in [6.07, 6.45) is 5.95. The number of nitrogens with one attached hydrogen (secondary N) is 3. The first-order chi connectivity index (χ1) is 16.0. The fraction of sp³-hybridized carbons (Fsp3) is 0.920. The van der Waals surface area contributed by atoms with Gasteiger partial charge < -0.3 is 30.3 Å². The largest absolute Gasteiger partial charge is 0.466 e. The molecular weight excluding hydrogens is 420 g/mol. The van der Waals surface area contributed by atoms with Crippen LogP contribution in [-0.2, 0) is 19.1 Å². The second kappa shape index (κ2) is 23.9. The number of rotatable bonds is 12. The van der Waals surface area contributed by atoms with Gasteiger partial charge in [-0.2, -0.15) is 0 Å². The summed E-state index contributed by atoms with van der Waals surface area (Å²) in [7, 11) is 0. The maximum Gasteiger partial charge on any atom is 0.307 e. The molecule has 8 nitrogen and oxygen atoms in total. The summed E-state index contributed by atoms with van der Waals surface area (Å²) < 4.78 is 10.4. The Morgan fingerprint density at radius 2 is 1.21 bits per heavy atom. The molecule has 0 aromatic carbocycles. The minimum absolute atomic E-state index is 0.101. The van der Waals surface area contributed by atoms with Crippen LogP contribution in [0.4, 0.5) is 0 Å². The number of nitrogens with zero attached hydrogens (tertiary/aromatic N) is 1. The van der Waals surface area contributed by atoms with Crippen molar-refractivity contribution in [1.29, 1.82) is 0 Å². The third-order valence-electron chi connectivity index (χ3n) is 4.94. The van der Waals surface area contributed by atoms with E-state index in [9.17, 15) is 9.59 Å². The molecule has 2 aliphatic heterocycles. The molecule has 0 radical (unpaired) electrons. The van der Waals surface area contributed by atoms with Crippen molar-refractivity contribution in [3.63, 3.8) is 0 Å². The molecule has 2 saturated heterocycles. The van der Waals surface area contributed by atoms with E-state index in [-0.39, 0.29) is 11.9 Å². The molecule has 3 N–H and O–H groups in total. The van der Waals surface area contributed by atoms with E-state index in [4.69, 9.17) is 9.47 Å². The number of unbranched alkanes of at least 4 members (excludes halogenated alkanes) is 3. The first kappa shape index (κ1) is 31.8. The van der Waals surface area contributed by atoms with Crippen LogP contribution in [0.3, 0.4) is 0 Å². The predicted molar refractivity (Wildman–Crippen MR) is 135 cm³/mol. The normalized spacial score (nSPS) is 16.2. The van der Waals surface area contributed by atoms with Gasteiger partial charge in [-0.1, -0.05) is 34.1 Å². The molecule has 0 unspecified atom stereocenters. The van der Waals surface area contributed by atoms with E-state index in [0.717, 1.165) is 84.6 Å². The highest BCUT2D eigenvalue weighted by Gasteiger charge is 2.11. The second-order valence-electron chi connectivity index (χ2n) is 9.00. The van der Waals surface area contributed by atoms with Gasteiger partial charge in [0.05, 0.1) is 19.6 Å². The third-order valence-corrected chi connectivity index (χ3v) is 4.94. The first-order valence-corrected chi connectivity index (χ1v) is 13.1. The summed E-state index contributed by atoms with van der Waals surface area (Å²) in [4.78, 5) is 25.3. The van der Waals surface area contributed by atoms with Gasteiger partial charge in [0.1, 0.15) is 0 Å². The van der Waals surface area contributed by atoms with Crippen LogP contribution in [0.1, 0.15) is 72.6 Å². The van der Waals surface area contributed by atoms with Gasteiger partial charge in [0.2, 0.25) is 0 Å². The van der Waals surface area contributed by atoms with Crippen molar-refractivity contribution < 1.29 is 19.1 Å². The van der Waals surface area contributed by atoms with E-state index in [0.29, 0.717) is 32.0 Å². The zero-order valence-electron chi connectivity index (χ0n) is 21.9. The molecule has 196 valence electrons. The molecule has 0 atom stereocenters. The summed E-state index contributed by atoms with van der Waals surface area (Å²) in [6, 6.07) is 0. The van der Waals surface area contributed by atoms with Crippen LogP contribution in [0.15, 0.2) is 0 Å². The Labute approximate surface area is 202 Å². The smallest absolute Gasteiger partial charge is 0.307 e. The molecule has 2 rings (SSSR count). The highest BCUT2D eigenvalue weighted by Crippen LogP contribution is 2.05. The average molecular weight is 473 g/mol. The van der Waals surface area contributed by atoms with E-state index in [1.54, 1.807) is 0 Å². The summed E-state index contributed by atoms with van der Waals surface area (Å²) in [6.45, 7) is 18.6. The van der Waals surface area contributed by atoms with Gasteiger partial charge in [0.15, 0.2) is 0 Å². The number of carbonyl (C=O) groups is 2. The maximum atomic E-state index is 11.7. The monoisotopic (exact) mass is 472 g/mol. The van der Waals surface area contributed by atoms with E-state index >= 15 is 0 Å². The van der Waals surface area contributed by atoms with Crippen molar-refractivity contribution in [2.45, 2.75) is 72.6 Å². The Morgan fingerprint density at radius 1 is 0.758 bits per heavy atom. The highest BCUT2D eigenvalue weighted by atomic mass is 16.5. The average Bonchev–Trinajstić information content (AvgIpc) is 2.82. The van der Waals surface area contributed by atoms with Crippen molar-refractivity contribution >= 4 is 11.9 Å². The molecular formula is C25H52N4O4. The summed E-state index contributed by atoms with van der Waals surface area (Å²) in [5.41, 5.74) is 0. The van der Waals surface area contributed by atoms with Crippen LogP contribution in [0.2, 0.25) is 0 Å². The quantitative estimate of drug-likeness (QED) is 0.295. The molecule has 33 heavy (non-hydrogen) atoms. The minimum atomic E-state index is -0.108. The van der Waals surface area contributed by atoms with Gasteiger partial charge in [-0.05, 0) is 31.6 Å². The topological polar surface area (TPSA) is 91.9 Å². The standard InChI is InChI=1S/C18H34N2O4.C4H10N2.C3H8/c1-16(2)15-18(22)24-14-6-4-3-5-13-23-17(21)7-10-20-11-8-19-9-12-20;1-2-6-4-3-5-1;1-3-2/h16,19H,3-15H2,1-2H3;5-6H,1-4H2;3H2,1-2H3. The molecule has 0 bridgehead atoms. The maximum absolute atomic E-state index is 11.7. The molecule has 2 aliphatic rings. The lowest BCUT2D eigenvalue weighted by molar-refractivity contribution is -0.145. The summed E-state index contributed by atoms with van der Waals surface area (Å²) in [5.74, 6) is 0.137. The Hall–Kier alpha value is -1.22. The van der Waals surface area contributed by atoms with Crippen LogP contribution in [-0.4, -0.2) is 89.0 Å².